The molecule has 34 heavy (non-hydrogen) atoms. The Hall–Kier alpha value is -2.80. The van der Waals surface area contributed by atoms with E-state index in [1.54, 1.807) is 4.90 Å². The fourth-order valence-electron chi connectivity index (χ4n) is 5.22. The lowest BCUT2D eigenvalue weighted by Crippen LogP contribution is -2.52. The van der Waals surface area contributed by atoms with Gasteiger partial charge in [-0.1, -0.05) is 45.0 Å². The van der Waals surface area contributed by atoms with Gasteiger partial charge in [0.05, 0.1) is 11.0 Å². The van der Waals surface area contributed by atoms with Crippen LogP contribution in [0.15, 0.2) is 29.6 Å². The lowest BCUT2D eigenvalue weighted by molar-refractivity contribution is -0.137. The molecule has 3 heterocycles. The number of ketones is 1. The molecule has 178 valence electrons. The summed E-state index contributed by atoms with van der Waals surface area (Å²) in [7, 11) is 0. The first-order chi connectivity index (χ1) is 16.1. The van der Waals surface area contributed by atoms with E-state index in [1.165, 1.54) is 16.9 Å². The van der Waals surface area contributed by atoms with E-state index in [-0.39, 0.29) is 34.8 Å². The predicted molar refractivity (Wildman–Crippen MR) is 130 cm³/mol. The van der Waals surface area contributed by atoms with Crippen molar-refractivity contribution in [2.75, 3.05) is 0 Å². The van der Waals surface area contributed by atoms with Crippen LogP contribution in [0.3, 0.4) is 0 Å². The molecule has 3 aliphatic rings. The van der Waals surface area contributed by atoms with E-state index >= 15 is 0 Å². The maximum Gasteiger partial charge on any atom is 0.256 e. The van der Waals surface area contributed by atoms with Gasteiger partial charge in [0.2, 0.25) is 11.8 Å². The summed E-state index contributed by atoms with van der Waals surface area (Å²) in [6, 6.07) is 7.91. The molecular weight excluding hydrogens is 448 g/mol. The molecule has 1 aromatic heterocycles. The average Bonchev–Trinajstić information content (AvgIpc) is 3.41. The summed E-state index contributed by atoms with van der Waals surface area (Å²) in [6.07, 6.45) is 3.44. The lowest BCUT2D eigenvalue weighted by Gasteiger charge is -2.29. The number of hydrogen-bond donors (Lipinski definition) is 1. The standard InChI is InChI=1S/C27H30N2O4S/c1-26(2,3)16-4-6-17(7-5-16)27(12-13-27)22(30)10-9-21-18-14-29(25(33)19(18)15-34-21)20-8-11-23(31)28-24(20)32/h4-7,15,20H,8-14H2,1-3H3,(H,28,31,32). The molecule has 1 aliphatic carbocycles. The van der Waals surface area contributed by atoms with Crippen LogP contribution in [0.5, 0.6) is 0 Å². The van der Waals surface area contributed by atoms with Gasteiger partial charge >= 0.3 is 0 Å². The summed E-state index contributed by atoms with van der Waals surface area (Å²) >= 11 is 1.52. The van der Waals surface area contributed by atoms with Crippen LogP contribution in [-0.2, 0) is 38.2 Å². The summed E-state index contributed by atoms with van der Waals surface area (Å²) in [5, 5.41) is 4.19. The largest absolute Gasteiger partial charge is 0.322 e. The van der Waals surface area contributed by atoms with E-state index in [0.29, 0.717) is 31.4 Å². The van der Waals surface area contributed by atoms with Crippen molar-refractivity contribution in [1.29, 1.82) is 0 Å². The van der Waals surface area contributed by atoms with Crippen LogP contribution in [0.4, 0.5) is 0 Å². The Morgan fingerprint density at radius 3 is 2.47 bits per heavy atom. The number of carbonyl (C=O) groups is 4. The third kappa shape index (κ3) is 3.90. The number of nitrogens with zero attached hydrogens (tertiary/aromatic N) is 1. The molecule has 7 heteroatoms. The number of hydrogen-bond acceptors (Lipinski definition) is 5. The summed E-state index contributed by atoms with van der Waals surface area (Å²) in [5.74, 6) is -0.577. The van der Waals surface area contributed by atoms with Crippen LogP contribution in [0.2, 0.25) is 0 Å². The van der Waals surface area contributed by atoms with Gasteiger partial charge in [-0.05, 0) is 47.8 Å². The van der Waals surface area contributed by atoms with Crippen molar-refractivity contribution in [3.05, 3.63) is 56.8 Å². The number of amides is 3. The van der Waals surface area contributed by atoms with Crippen LogP contribution in [0.1, 0.15) is 84.8 Å². The van der Waals surface area contributed by atoms with Gasteiger partial charge in [-0.25, -0.2) is 0 Å². The van der Waals surface area contributed by atoms with Gasteiger partial charge < -0.3 is 4.90 Å². The van der Waals surface area contributed by atoms with Gasteiger partial charge in [0.15, 0.2) is 0 Å². The quantitative estimate of drug-likeness (QED) is 0.635. The second kappa shape index (κ2) is 8.15. The van der Waals surface area contributed by atoms with Crippen molar-refractivity contribution in [3.63, 3.8) is 0 Å². The van der Waals surface area contributed by atoms with Gasteiger partial charge in [0, 0.05) is 29.6 Å². The molecule has 1 atom stereocenters. The Balaban J connectivity index is 1.26. The highest BCUT2D eigenvalue weighted by atomic mass is 32.1. The molecule has 6 nitrogen and oxygen atoms in total. The summed E-state index contributed by atoms with van der Waals surface area (Å²) < 4.78 is 0. The number of imide groups is 1. The minimum atomic E-state index is -0.608. The Morgan fingerprint density at radius 2 is 1.85 bits per heavy atom. The zero-order valence-corrected chi connectivity index (χ0v) is 20.7. The summed E-state index contributed by atoms with van der Waals surface area (Å²) in [6.45, 7) is 6.93. The first-order valence-electron chi connectivity index (χ1n) is 12.0. The number of nitrogens with one attached hydrogen (secondary N) is 1. The molecule has 5 rings (SSSR count). The minimum absolute atomic E-state index is 0.0813. The Kier molecular flexibility index (Phi) is 5.51. The third-order valence-electron chi connectivity index (χ3n) is 7.55. The van der Waals surface area contributed by atoms with Gasteiger partial charge in [-0.2, -0.15) is 0 Å². The fourth-order valence-corrected chi connectivity index (χ4v) is 6.26. The SMILES string of the molecule is CC(C)(C)c1ccc(C2(C(=O)CCc3scc4c3CN(C3CCC(=O)NC3=O)C4=O)CC2)cc1. The van der Waals surface area contributed by atoms with Crippen molar-refractivity contribution >= 4 is 34.8 Å². The van der Waals surface area contributed by atoms with E-state index in [9.17, 15) is 19.2 Å². The number of fused-ring (bicyclic) bond motifs is 1. The van der Waals surface area contributed by atoms with Gasteiger partial charge in [0.25, 0.3) is 5.91 Å². The highest BCUT2D eigenvalue weighted by Gasteiger charge is 2.50. The van der Waals surface area contributed by atoms with E-state index < -0.39 is 11.9 Å². The smallest absolute Gasteiger partial charge is 0.256 e. The topological polar surface area (TPSA) is 83.6 Å². The molecule has 1 saturated heterocycles. The number of thiophene rings is 1. The van der Waals surface area contributed by atoms with Crippen LogP contribution < -0.4 is 5.32 Å². The van der Waals surface area contributed by atoms with Crippen LogP contribution in [0, 0.1) is 0 Å². The molecule has 0 bridgehead atoms. The molecule has 1 aromatic carbocycles. The van der Waals surface area contributed by atoms with Gasteiger partial charge in [-0.15, -0.1) is 11.3 Å². The van der Waals surface area contributed by atoms with Crippen molar-refractivity contribution in [1.82, 2.24) is 10.2 Å². The Bertz CT molecular complexity index is 1180. The first-order valence-corrected chi connectivity index (χ1v) is 12.9. The number of Topliss-reactive ketones (excluding diaryl/α,β-unsaturated/α-hetero) is 1. The second-order valence-corrected chi connectivity index (χ2v) is 11.7. The first kappa shape index (κ1) is 23.0. The van der Waals surface area contributed by atoms with Crippen LogP contribution in [-0.4, -0.2) is 34.4 Å². The van der Waals surface area contributed by atoms with Crippen LogP contribution in [0.25, 0.3) is 0 Å². The van der Waals surface area contributed by atoms with Crippen molar-refractivity contribution in [2.24, 2.45) is 0 Å². The summed E-state index contributed by atoms with van der Waals surface area (Å²) in [4.78, 5) is 52.6. The van der Waals surface area contributed by atoms with Crippen molar-refractivity contribution < 1.29 is 19.2 Å². The number of benzene rings is 1. The zero-order valence-electron chi connectivity index (χ0n) is 19.9. The fraction of sp³-hybridized carbons (Fsp3) is 0.481. The van der Waals surface area contributed by atoms with Gasteiger partial charge in [0.1, 0.15) is 11.8 Å². The highest BCUT2D eigenvalue weighted by Crippen LogP contribution is 2.50. The highest BCUT2D eigenvalue weighted by molar-refractivity contribution is 7.10. The number of piperidine rings is 1. The van der Waals surface area contributed by atoms with E-state index in [4.69, 9.17) is 0 Å². The van der Waals surface area contributed by atoms with Crippen molar-refractivity contribution in [3.8, 4) is 0 Å². The number of aryl methyl sites for hydroxylation is 1. The molecule has 0 radical (unpaired) electrons. The van der Waals surface area contributed by atoms with Crippen molar-refractivity contribution in [2.45, 2.75) is 82.7 Å². The lowest BCUT2D eigenvalue weighted by atomic mass is 9.83. The molecule has 1 saturated carbocycles. The molecule has 2 aromatic rings. The molecule has 1 unspecified atom stereocenters. The number of rotatable bonds is 6. The predicted octanol–water partition coefficient (Wildman–Crippen LogP) is 4.04. The van der Waals surface area contributed by atoms with E-state index in [0.717, 1.165) is 28.8 Å². The average molecular weight is 479 g/mol. The van der Waals surface area contributed by atoms with Crippen LogP contribution >= 0.6 is 11.3 Å². The van der Waals surface area contributed by atoms with Gasteiger partial charge in [-0.3, -0.25) is 24.5 Å². The molecule has 2 aliphatic heterocycles. The minimum Gasteiger partial charge on any atom is -0.322 e. The molecule has 2 fully saturated rings. The third-order valence-corrected chi connectivity index (χ3v) is 8.64. The zero-order chi connectivity index (χ0) is 24.3. The van der Waals surface area contributed by atoms with E-state index in [2.05, 4.69) is 50.4 Å². The Labute approximate surface area is 203 Å². The maximum atomic E-state index is 13.3. The normalized spacial score (nSPS) is 21.4. The number of carbonyl (C=O) groups excluding carboxylic acids is 4. The van der Waals surface area contributed by atoms with E-state index in [1.807, 2.05) is 5.38 Å². The second-order valence-electron chi connectivity index (χ2n) is 10.8. The molecule has 1 N–H and O–H groups in total. The molecule has 0 spiro atoms. The monoisotopic (exact) mass is 478 g/mol. The maximum absolute atomic E-state index is 13.3. The summed E-state index contributed by atoms with van der Waals surface area (Å²) in [5.41, 5.74) is 3.67. The molecular formula is C27H30N2O4S. The Morgan fingerprint density at radius 1 is 1.15 bits per heavy atom. The molecule has 3 amide bonds.